The Bertz CT molecular complexity index is 812. The van der Waals surface area contributed by atoms with Crippen molar-refractivity contribution in [1.29, 1.82) is 0 Å². The lowest BCUT2D eigenvalue weighted by Gasteiger charge is -2.34. The van der Waals surface area contributed by atoms with Crippen LogP contribution < -0.4 is 0 Å². The second-order valence-electron chi connectivity index (χ2n) is 6.93. The molecule has 2 aromatic rings. The number of pyridine rings is 1. The summed E-state index contributed by atoms with van der Waals surface area (Å²) in [7, 11) is 0. The Morgan fingerprint density at radius 2 is 1.85 bits per heavy atom. The third-order valence-electron chi connectivity index (χ3n) is 4.69. The Labute approximate surface area is 154 Å². The molecule has 0 spiro atoms. The number of nitrogens with zero attached hydrogens (tertiary/aromatic N) is 3. The number of carbonyl (C=O) groups is 2. The number of aryl methyl sites for hydroxylation is 3. The molecular formula is C21H25N3O2. The summed E-state index contributed by atoms with van der Waals surface area (Å²) in [4.78, 5) is 32.9. The van der Waals surface area contributed by atoms with Crippen LogP contribution in [0.1, 0.15) is 39.7 Å². The summed E-state index contributed by atoms with van der Waals surface area (Å²) in [5, 5.41) is 0. The van der Waals surface area contributed by atoms with Crippen LogP contribution >= 0.6 is 0 Å². The Kier molecular flexibility index (Phi) is 5.35. The van der Waals surface area contributed by atoms with E-state index in [0.29, 0.717) is 25.2 Å². The maximum absolute atomic E-state index is 12.7. The molecule has 3 rings (SSSR count). The minimum atomic E-state index is -0.0958. The fourth-order valence-corrected chi connectivity index (χ4v) is 3.42. The van der Waals surface area contributed by atoms with Gasteiger partial charge in [-0.2, -0.15) is 0 Å². The third kappa shape index (κ3) is 4.10. The maximum Gasteiger partial charge on any atom is 0.254 e. The van der Waals surface area contributed by atoms with Crippen LogP contribution in [0.4, 0.5) is 0 Å². The van der Waals surface area contributed by atoms with Crippen molar-refractivity contribution in [3.63, 3.8) is 0 Å². The van der Waals surface area contributed by atoms with E-state index in [1.54, 1.807) is 17.2 Å². The van der Waals surface area contributed by atoms with Gasteiger partial charge in [0.2, 0.25) is 5.91 Å². The van der Waals surface area contributed by atoms with E-state index in [1.165, 1.54) is 11.1 Å². The molecule has 0 saturated carbocycles. The first-order valence-electron chi connectivity index (χ1n) is 9.05. The van der Waals surface area contributed by atoms with Gasteiger partial charge in [0, 0.05) is 37.1 Å². The Hall–Kier alpha value is -2.69. The summed E-state index contributed by atoms with van der Waals surface area (Å²) in [6.45, 7) is 7.97. The van der Waals surface area contributed by atoms with E-state index in [9.17, 15) is 9.59 Å². The predicted molar refractivity (Wildman–Crippen MR) is 101 cm³/mol. The molecule has 5 nitrogen and oxygen atoms in total. The van der Waals surface area contributed by atoms with E-state index in [1.807, 2.05) is 17.9 Å². The minimum absolute atomic E-state index is 0.00599. The Balaban J connectivity index is 1.66. The molecule has 1 fully saturated rings. The van der Waals surface area contributed by atoms with Gasteiger partial charge >= 0.3 is 0 Å². The van der Waals surface area contributed by atoms with Crippen LogP contribution in [0.2, 0.25) is 0 Å². The van der Waals surface area contributed by atoms with E-state index < -0.39 is 0 Å². The van der Waals surface area contributed by atoms with Crippen molar-refractivity contribution in [2.24, 2.45) is 0 Å². The highest BCUT2D eigenvalue weighted by Crippen LogP contribution is 2.15. The number of carbonyl (C=O) groups excluding carboxylic acids is 2. The predicted octanol–water partition coefficient (Wildman–Crippen LogP) is 2.75. The van der Waals surface area contributed by atoms with Crippen LogP contribution in [-0.4, -0.2) is 46.2 Å². The van der Waals surface area contributed by atoms with Gasteiger partial charge in [-0.25, -0.2) is 0 Å². The van der Waals surface area contributed by atoms with Gasteiger partial charge < -0.3 is 9.80 Å². The second-order valence-corrected chi connectivity index (χ2v) is 6.93. The number of rotatable bonds is 4. The molecule has 26 heavy (non-hydrogen) atoms. The molecule has 1 saturated heterocycles. The van der Waals surface area contributed by atoms with Crippen LogP contribution in [0.5, 0.6) is 0 Å². The van der Waals surface area contributed by atoms with Gasteiger partial charge in [0.05, 0.1) is 0 Å². The number of piperazine rings is 1. The van der Waals surface area contributed by atoms with Crippen molar-refractivity contribution in [3.05, 3.63) is 64.5 Å². The van der Waals surface area contributed by atoms with Crippen LogP contribution in [0.25, 0.3) is 0 Å². The average Bonchev–Trinajstić information content (AvgIpc) is 2.62. The van der Waals surface area contributed by atoms with E-state index in [-0.39, 0.29) is 18.4 Å². The van der Waals surface area contributed by atoms with Crippen LogP contribution in [0, 0.1) is 13.8 Å². The minimum Gasteiger partial charge on any atom is -0.335 e. The molecule has 0 aliphatic carbocycles. The summed E-state index contributed by atoms with van der Waals surface area (Å²) < 4.78 is 0. The number of hydrogen-bond acceptors (Lipinski definition) is 3. The largest absolute Gasteiger partial charge is 0.335 e. The van der Waals surface area contributed by atoms with Gasteiger partial charge in [0.25, 0.3) is 5.91 Å². The summed E-state index contributed by atoms with van der Waals surface area (Å²) in [5.74, 6) is -0.102. The highest BCUT2D eigenvalue weighted by atomic mass is 16.2. The van der Waals surface area contributed by atoms with Crippen molar-refractivity contribution < 1.29 is 9.59 Å². The van der Waals surface area contributed by atoms with E-state index in [2.05, 4.69) is 37.0 Å². The maximum atomic E-state index is 12.7. The van der Waals surface area contributed by atoms with Crippen LogP contribution in [0.3, 0.4) is 0 Å². The SMILES string of the molecule is CCc1cc(C(=O)N2CCN(Cc3cc(C)cc(C)c3)C(=O)C2)ccn1. The highest BCUT2D eigenvalue weighted by Gasteiger charge is 2.27. The third-order valence-corrected chi connectivity index (χ3v) is 4.69. The quantitative estimate of drug-likeness (QED) is 0.851. The lowest BCUT2D eigenvalue weighted by molar-refractivity contribution is -0.135. The molecule has 1 aliphatic rings. The summed E-state index contributed by atoms with van der Waals surface area (Å²) >= 11 is 0. The molecule has 1 aromatic heterocycles. The zero-order valence-electron chi connectivity index (χ0n) is 15.7. The average molecular weight is 351 g/mol. The molecular weight excluding hydrogens is 326 g/mol. The number of aromatic nitrogens is 1. The summed E-state index contributed by atoms with van der Waals surface area (Å²) in [5.41, 5.74) is 5.02. The Morgan fingerprint density at radius 3 is 2.50 bits per heavy atom. The summed E-state index contributed by atoms with van der Waals surface area (Å²) in [6, 6.07) is 9.88. The Morgan fingerprint density at radius 1 is 1.12 bits per heavy atom. The lowest BCUT2D eigenvalue weighted by atomic mass is 10.1. The fraction of sp³-hybridized carbons (Fsp3) is 0.381. The van der Waals surface area contributed by atoms with Gasteiger partial charge in [-0.3, -0.25) is 14.6 Å². The first-order valence-corrected chi connectivity index (χ1v) is 9.05. The number of benzene rings is 1. The number of hydrogen-bond donors (Lipinski definition) is 0. The van der Waals surface area contributed by atoms with Crippen molar-refractivity contribution in [1.82, 2.24) is 14.8 Å². The second kappa shape index (κ2) is 7.68. The molecule has 5 heteroatoms. The van der Waals surface area contributed by atoms with Gasteiger partial charge in [0.1, 0.15) is 6.54 Å². The fourth-order valence-electron chi connectivity index (χ4n) is 3.42. The molecule has 136 valence electrons. The lowest BCUT2D eigenvalue weighted by Crippen LogP contribution is -2.51. The first kappa shape index (κ1) is 18.1. The topological polar surface area (TPSA) is 53.5 Å². The molecule has 0 atom stereocenters. The zero-order valence-corrected chi connectivity index (χ0v) is 15.7. The van der Waals surface area contributed by atoms with E-state index in [0.717, 1.165) is 17.7 Å². The molecule has 2 amide bonds. The summed E-state index contributed by atoms with van der Waals surface area (Å²) in [6.07, 6.45) is 2.44. The number of amides is 2. The van der Waals surface area contributed by atoms with Gasteiger partial charge in [-0.15, -0.1) is 0 Å². The van der Waals surface area contributed by atoms with Crippen molar-refractivity contribution in [2.75, 3.05) is 19.6 Å². The molecule has 0 N–H and O–H groups in total. The molecule has 0 unspecified atom stereocenters. The molecule has 0 bridgehead atoms. The highest BCUT2D eigenvalue weighted by molar-refractivity contribution is 5.97. The smallest absolute Gasteiger partial charge is 0.254 e. The normalized spacial score (nSPS) is 14.7. The molecule has 1 aromatic carbocycles. The van der Waals surface area contributed by atoms with Crippen molar-refractivity contribution in [3.8, 4) is 0 Å². The van der Waals surface area contributed by atoms with E-state index >= 15 is 0 Å². The van der Waals surface area contributed by atoms with Gasteiger partial charge in [-0.05, 0) is 38.0 Å². The van der Waals surface area contributed by atoms with Crippen LogP contribution in [0.15, 0.2) is 36.5 Å². The van der Waals surface area contributed by atoms with Crippen molar-refractivity contribution in [2.45, 2.75) is 33.7 Å². The molecule has 1 aliphatic heterocycles. The zero-order chi connectivity index (χ0) is 18.7. The van der Waals surface area contributed by atoms with Gasteiger partial charge in [-0.1, -0.05) is 36.2 Å². The first-order chi connectivity index (χ1) is 12.5. The monoisotopic (exact) mass is 351 g/mol. The molecule has 0 radical (unpaired) electrons. The van der Waals surface area contributed by atoms with E-state index in [4.69, 9.17) is 0 Å². The van der Waals surface area contributed by atoms with Crippen LogP contribution in [-0.2, 0) is 17.8 Å². The van der Waals surface area contributed by atoms with Crippen molar-refractivity contribution >= 4 is 11.8 Å². The molecule has 2 heterocycles. The van der Waals surface area contributed by atoms with Gasteiger partial charge in [0.15, 0.2) is 0 Å². The standard InChI is InChI=1S/C21H25N3O2/c1-4-19-12-18(5-6-22-19)21(26)24-8-7-23(20(25)14-24)13-17-10-15(2)9-16(3)11-17/h5-6,9-12H,4,7-8,13-14H2,1-3H3.